The molecule has 0 spiro atoms. The van der Waals surface area contributed by atoms with E-state index in [1.807, 2.05) is 14.0 Å². The minimum Gasteiger partial charge on any atom is -0.494 e. The fourth-order valence-corrected chi connectivity index (χ4v) is 4.05. The Morgan fingerprint density at radius 1 is 1.07 bits per heavy atom. The molecule has 1 amide bonds. The fraction of sp³-hybridized carbons (Fsp3) is 0.350. The number of benzene rings is 2. The molecule has 8 heteroatoms. The summed E-state index contributed by atoms with van der Waals surface area (Å²) in [6, 6.07) is 12.8. The van der Waals surface area contributed by atoms with Gasteiger partial charge in [0.05, 0.1) is 11.5 Å². The standard InChI is InChI=1S/C20H25N3O4S/c1-3-27-18-7-9-19(10-8-18)28(25,26)21-17-6-4-5-16(15-17)20(24)23-13-11-22(2)12-14-23/h4-10,15,21H,3,11-14H2,1-2H3. The minimum absolute atomic E-state index is 0.0878. The lowest BCUT2D eigenvalue weighted by Gasteiger charge is -2.32. The van der Waals surface area contributed by atoms with Gasteiger partial charge in [-0.25, -0.2) is 8.42 Å². The van der Waals surface area contributed by atoms with E-state index in [0.29, 0.717) is 36.7 Å². The van der Waals surface area contributed by atoms with Crippen LogP contribution in [0.5, 0.6) is 5.75 Å². The quantitative estimate of drug-likeness (QED) is 0.801. The summed E-state index contributed by atoms with van der Waals surface area (Å²) in [5, 5.41) is 0. The third kappa shape index (κ3) is 4.82. The third-order valence-electron chi connectivity index (χ3n) is 4.60. The van der Waals surface area contributed by atoms with Crippen molar-refractivity contribution in [1.29, 1.82) is 0 Å². The maximum atomic E-state index is 12.7. The lowest BCUT2D eigenvalue weighted by Crippen LogP contribution is -2.47. The first kappa shape index (κ1) is 20.2. The van der Waals surface area contributed by atoms with E-state index in [1.54, 1.807) is 41.3 Å². The molecule has 0 radical (unpaired) electrons. The van der Waals surface area contributed by atoms with Crippen LogP contribution >= 0.6 is 0 Å². The molecular formula is C20H25N3O4S. The number of rotatable bonds is 6. The molecule has 0 unspecified atom stereocenters. The number of nitrogens with one attached hydrogen (secondary N) is 1. The van der Waals surface area contributed by atoms with Crippen molar-refractivity contribution in [2.24, 2.45) is 0 Å². The Bertz CT molecular complexity index is 921. The van der Waals surface area contributed by atoms with Gasteiger partial charge in [0.15, 0.2) is 0 Å². The lowest BCUT2D eigenvalue weighted by atomic mass is 10.1. The van der Waals surface area contributed by atoms with E-state index in [0.717, 1.165) is 13.1 Å². The van der Waals surface area contributed by atoms with Gasteiger partial charge < -0.3 is 14.5 Å². The maximum absolute atomic E-state index is 12.7. The zero-order valence-electron chi connectivity index (χ0n) is 16.1. The molecule has 1 aliphatic heterocycles. The second kappa shape index (κ2) is 8.62. The van der Waals surface area contributed by atoms with E-state index in [9.17, 15) is 13.2 Å². The van der Waals surface area contributed by atoms with Crippen LogP contribution in [0.1, 0.15) is 17.3 Å². The highest BCUT2D eigenvalue weighted by molar-refractivity contribution is 7.92. The maximum Gasteiger partial charge on any atom is 0.261 e. The van der Waals surface area contributed by atoms with Gasteiger partial charge in [-0.3, -0.25) is 9.52 Å². The average Bonchev–Trinajstić information content (AvgIpc) is 2.68. The Kier molecular flexibility index (Phi) is 6.21. The highest BCUT2D eigenvalue weighted by Crippen LogP contribution is 2.21. The number of piperazine rings is 1. The van der Waals surface area contributed by atoms with Gasteiger partial charge in [-0.15, -0.1) is 0 Å². The molecular weight excluding hydrogens is 378 g/mol. The van der Waals surface area contributed by atoms with Crippen molar-refractivity contribution in [3.05, 3.63) is 54.1 Å². The smallest absolute Gasteiger partial charge is 0.261 e. The van der Waals surface area contributed by atoms with Gasteiger partial charge in [-0.05, 0) is 56.4 Å². The van der Waals surface area contributed by atoms with Crippen molar-refractivity contribution in [2.45, 2.75) is 11.8 Å². The SMILES string of the molecule is CCOc1ccc(S(=O)(=O)Nc2cccc(C(=O)N3CCN(C)CC3)c2)cc1. The number of carbonyl (C=O) groups is 1. The van der Waals surface area contributed by atoms with Crippen LogP contribution in [0.4, 0.5) is 5.69 Å². The molecule has 2 aromatic carbocycles. The van der Waals surface area contributed by atoms with Crippen molar-refractivity contribution in [3.8, 4) is 5.75 Å². The number of hydrogen-bond donors (Lipinski definition) is 1. The normalized spacial score (nSPS) is 15.3. The van der Waals surface area contributed by atoms with Crippen LogP contribution in [0, 0.1) is 0 Å². The number of ether oxygens (including phenoxy) is 1. The van der Waals surface area contributed by atoms with Crippen LogP contribution in [0.2, 0.25) is 0 Å². The molecule has 150 valence electrons. The Hall–Kier alpha value is -2.58. The van der Waals surface area contributed by atoms with Crippen LogP contribution < -0.4 is 9.46 Å². The van der Waals surface area contributed by atoms with Crippen molar-refractivity contribution >= 4 is 21.6 Å². The van der Waals surface area contributed by atoms with Gasteiger partial charge in [0.1, 0.15) is 5.75 Å². The highest BCUT2D eigenvalue weighted by Gasteiger charge is 2.21. The van der Waals surface area contributed by atoms with Crippen LogP contribution in [-0.4, -0.2) is 64.0 Å². The van der Waals surface area contributed by atoms with E-state index in [1.165, 1.54) is 12.1 Å². The molecule has 0 saturated carbocycles. The summed E-state index contributed by atoms with van der Waals surface area (Å²) in [6.45, 7) is 5.36. The number of anilines is 1. The summed E-state index contributed by atoms with van der Waals surface area (Å²) < 4.78 is 33.2. The summed E-state index contributed by atoms with van der Waals surface area (Å²) in [4.78, 5) is 16.8. The first-order chi connectivity index (χ1) is 13.4. The molecule has 1 fully saturated rings. The summed E-state index contributed by atoms with van der Waals surface area (Å²) >= 11 is 0. The molecule has 0 aliphatic carbocycles. The predicted octanol–water partition coefficient (Wildman–Crippen LogP) is 2.27. The molecule has 2 aromatic rings. The first-order valence-corrected chi connectivity index (χ1v) is 10.7. The Labute approximate surface area is 166 Å². The van der Waals surface area contributed by atoms with E-state index in [4.69, 9.17) is 4.74 Å². The number of carbonyl (C=O) groups excluding carboxylic acids is 1. The number of likely N-dealkylation sites (N-methyl/N-ethyl adjacent to an activating group) is 1. The second-order valence-electron chi connectivity index (χ2n) is 6.69. The van der Waals surface area contributed by atoms with E-state index < -0.39 is 10.0 Å². The van der Waals surface area contributed by atoms with Crippen LogP contribution in [0.3, 0.4) is 0 Å². The fourth-order valence-electron chi connectivity index (χ4n) is 3.00. The molecule has 1 N–H and O–H groups in total. The van der Waals surface area contributed by atoms with Crippen molar-refractivity contribution in [1.82, 2.24) is 9.80 Å². The molecule has 28 heavy (non-hydrogen) atoms. The number of hydrogen-bond acceptors (Lipinski definition) is 5. The monoisotopic (exact) mass is 403 g/mol. The first-order valence-electron chi connectivity index (χ1n) is 9.22. The van der Waals surface area contributed by atoms with Crippen molar-refractivity contribution in [2.75, 3.05) is 44.6 Å². The molecule has 0 atom stereocenters. The van der Waals surface area contributed by atoms with Gasteiger partial charge in [-0.1, -0.05) is 6.07 Å². The second-order valence-corrected chi connectivity index (χ2v) is 8.37. The summed E-state index contributed by atoms with van der Waals surface area (Å²) in [7, 11) is -1.73. The molecule has 7 nitrogen and oxygen atoms in total. The molecule has 0 aromatic heterocycles. The van der Waals surface area contributed by atoms with E-state index in [2.05, 4.69) is 9.62 Å². The van der Waals surface area contributed by atoms with Gasteiger partial charge in [-0.2, -0.15) is 0 Å². The lowest BCUT2D eigenvalue weighted by molar-refractivity contribution is 0.0664. The van der Waals surface area contributed by atoms with Gasteiger partial charge in [0.2, 0.25) is 0 Å². The van der Waals surface area contributed by atoms with Gasteiger partial charge in [0, 0.05) is 37.4 Å². The largest absolute Gasteiger partial charge is 0.494 e. The van der Waals surface area contributed by atoms with Crippen LogP contribution in [-0.2, 0) is 10.0 Å². The third-order valence-corrected chi connectivity index (χ3v) is 5.99. The average molecular weight is 404 g/mol. The van der Waals surface area contributed by atoms with E-state index >= 15 is 0 Å². The minimum atomic E-state index is -3.76. The predicted molar refractivity (Wildman–Crippen MR) is 108 cm³/mol. The topological polar surface area (TPSA) is 78.9 Å². The molecule has 0 bridgehead atoms. The number of nitrogens with zero attached hydrogens (tertiary/aromatic N) is 2. The zero-order chi connectivity index (χ0) is 20.1. The number of amides is 1. The molecule has 1 aliphatic rings. The Morgan fingerprint density at radius 3 is 2.39 bits per heavy atom. The van der Waals surface area contributed by atoms with Crippen molar-refractivity contribution in [3.63, 3.8) is 0 Å². The number of sulfonamides is 1. The molecule has 1 heterocycles. The van der Waals surface area contributed by atoms with Crippen molar-refractivity contribution < 1.29 is 17.9 Å². The Morgan fingerprint density at radius 2 is 1.75 bits per heavy atom. The zero-order valence-corrected chi connectivity index (χ0v) is 16.9. The molecule has 3 rings (SSSR count). The molecule has 1 saturated heterocycles. The summed E-state index contributed by atoms with van der Waals surface area (Å²) in [5.41, 5.74) is 0.824. The van der Waals surface area contributed by atoms with Gasteiger partial charge in [0.25, 0.3) is 15.9 Å². The summed E-state index contributed by atoms with van der Waals surface area (Å²) in [6.07, 6.45) is 0. The van der Waals surface area contributed by atoms with E-state index in [-0.39, 0.29) is 10.8 Å². The Balaban J connectivity index is 1.73. The van der Waals surface area contributed by atoms with Gasteiger partial charge >= 0.3 is 0 Å². The summed E-state index contributed by atoms with van der Waals surface area (Å²) in [5.74, 6) is 0.524. The van der Waals surface area contributed by atoms with Crippen LogP contribution in [0.25, 0.3) is 0 Å². The van der Waals surface area contributed by atoms with Crippen LogP contribution in [0.15, 0.2) is 53.4 Å². The highest BCUT2D eigenvalue weighted by atomic mass is 32.2.